The standard InChI is InChI=1S/C38H46Cl2N6/c1-28(2)29(3)9-7-8-21-46(22-20-41-4)38-34-10-5-6-11-35(34)42-36(43-38)27-44-23-25-45(26-24-44)37(30-12-16-32(39)17-13-30)31-14-18-33(40)19-15-31/h5-7,9-19,37,41H,8,20-27H2,1-4H3/b9-7-. The van der Waals surface area contributed by atoms with Crippen molar-refractivity contribution >= 4 is 39.9 Å². The minimum Gasteiger partial charge on any atom is -0.354 e. The molecule has 0 unspecified atom stereocenters. The van der Waals surface area contributed by atoms with Crippen LogP contribution in [0.2, 0.25) is 10.0 Å². The van der Waals surface area contributed by atoms with Crippen molar-refractivity contribution < 1.29 is 0 Å². The monoisotopic (exact) mass is 656 g/mol. The summed E-state index contributed by atoms with van der Waals surface area (Å²) in [5.41, 5.74) is 6.13. The van der Waals surface area contributed by atoms with Crippen molar-refractivity contribution in [3.05, 3.63) is 123 Å². The molecule has 1 aliphatic rings. The summed E-state index contributed by atoms with van der Waals surface area (Å²) in [5, 5.41) is 5.92. The molecular weight excluding hydrogens is 611 g/mol. The molecule has 1 fully saturated rings. The fraction of sp³-hybridized carbons (Fsp3) is 0.368. The summed E-state index contributed by atoms with van der Waals surface area (Å²) in [6, 6.07) is 25.0. The number of nitrogens with zero attached hydrogens (tertiary/aromatic N) is 5. The highest BCUT2D eigenvalue weighted by atomic mass is 35.5. The first-order valence-electron chi connectivity index (χ1n) is 16.3. The molecule has 3 aromatic carbocycles. The topological polar surface area (TPSA) is 47.5 Å². The molecule has 4 aromatic rings. The molecule has 0 saturated carbocycles. The Morgan fingerprint density at radius 3 is 2.09 bits per heavy atom. The Labute approximate surface area is 284 Å². The number of benzene rings is 3. The van der Waals surface area contributed by atoms with E-state index in [4.69, 9.17) is 33.2 Å². The minimum absolute atomic E-state index is 0.135. The van der Waals surface area contributed by atoms with Gasteiger partial charge in [-0.2, -0.15) is 0 Å². The molecule has 46 heavy (non-hydrogen) atoms. The van der Waals surface area contributed by atoms with Gasteiger partial charge in [0.1, 0.15) is 11.6 Å². The molecule has 1 saturated heterocycles. The smallest absolute Gasteiger partial charge is 0.145 e. The molecule has 2 heterocycles. The highest BCUT2D eigenvalue weighted by Gasteiger charge is 2.27. The number of rotatable bonds is 13. The fourth-order valence-electron chi connectivity index (χ4n) is 5.93. The number of aromatic nitrogens is 2. The molecule has 0 atom stereocenters. The van der Waals surface area contributed by atoms with Gasteiger partial charge in [0.2, 0.25) is 0 Å². The summed E-state index contributed by atoms with van der Waals surface area (Å²) >= 11 is 12.5. The van der Waals surface area contributed by atoms with Gasteiger partial charge in [0, 0.05) is 61.2 Å². The van der Waals surface area contributed by atoms with E-state index in [0.717, 1.165) is 91.4 Å². The molecule has 1 N–H and O–H groups in total. The van der Waals surface area contributed by atoms with Crippen LogP contribution in [0.3, 0.4) is 0 Å². The average molecular weight is 658 g/mol. The van der Waals surface area contributed by atoms with Crippen molar-refractivity contribution in [3.8, 4) is 0 Å². The van der Waals surface area contributed by atoms with Crippen LogP contribution in [0.25, 0.3) is 10.9 Å². The molecule has 8 heteroatoms. The third kappa shape index (κ3) is 8.96. The summed E-state index contributed by atoms with van der Waals surface area (Å²) in [6.07, 6.45) is 5.46. The van der Waals surface area contributed by atoms with Crippen molar-refractivity contribution in [3.63, 3.8) is 0 Å². The van der Waals surface area contributed by atoms with E-state index in [0.29, 0.717) is 0 Å². The third-order valence-electron chi connectivity index (χ3n) is 8.79. The highest BCUT2D eigenvalue weighted by Crippen LogP contribution is 2.32. The van der Waals surface area contributed by atoms with E-state index in [1.165, 1.54) is 22.3 Å². The van der Waals surface area contributed by atoms with Gasteiger partial charge in [-0.15, -0.1) is 0 Å². The summed E-state index contributed by atoms with van der Waals surface area (Å²) in [6.45, 7) is 13.6. The fourth-order valence-corrected chi connectivity index (χ4v) is 6.18. The first-order chi connectivity index (χ1) is 22.3. The second kappa shape index (κ2) is 16.5. The number of hydrogen-bond acceptors (Lipinski definition) is 6. The zero-order valence-electron chi connectivity index (χ0n) is 27.5. The summed E-state index contributed by atoms with van der Waals surface area (Å²) in [5.74, 6) is 1.90. The molecule has 1 aromatic heterocycles. The lowest BCUT2D eigenvalue weighted by atomic mass is 9.96. The molecule has 1 aliphatic heterocycles. The first kappa shape index (κ1) is 34.1. The summed E-state index contributed by atoms with van der Waals surface area (Å²) in [4.78, 5) is 17.7. The van der Waals surface area contributed by atoms with Crippen LogP contribution in [-0.2, 0) is 6.54 Å². The molecule has 5 rings (SSSR count). The van der Waals surface area contributed by atoms with Gasteiger partial charge in [0.15, 0.2) is 0 Å². The maximum Gasteiger partial charge on any atom is 0.145 e. The van der Waals surface area contributed by atoms with Gasteiger partial charge >= 0.3 is 0 Å². The Hall–Kier alpha value is -3.26. The van der Waals surface area contributed by atoms with Gasteiger partial charge in [-0.05, 0) is 81.8 Å². The Kier molecular flexibility index (Phi) is 12.2. The number of likely N-dealkylation sites (N-methyl/N-ethyl adjacent to an activating group) is 1. The lowest BCUT2D eigenvalue weighted by molar-refractivity contribution is 0.103. The van der Waals surface area contributed by atoms with Crippen molar-refractivity contribution in [2.24, 2.45) is 0 Å². The van der Waals surface area contributed by atoms with Crippen LogP contribution in [0.1, 0.15) is 50.2 Å². The van der Waals surface area contributed by atoms with Gasteiger partial charge in [-0.25, -0.2) is 9.97 Å². The predicted octanol–water partition coefficient (Wildman–Crippen LogP) is 8.17. The lowest BCUT2D eigenvalue weighted by Crippen LogP contribution is -2.47. The quantitative estimate of drug-likeness (QED) is 0.147. The Bertz CT molecular complexity index is 1580. The molecule has 0 bridgehead atoms. The van der Waals surface area contributed by atoms with Gasteiger partial charge in [0.25, 0.3) is 0 Å². The van der Waals surface area contributed by atoms with Crippen LogP contribution in [0.15, 0.2) is 96.1 Å². The van der Waals surface area contributed by atoms with E-state index in [1.807, 2.05) is 31.3 Å². The maximum absolute atomic E-state index is 6.25. The normalized spacial score (nSPS) is 14.4. The average Bonchev–Trinajstić information content (AvgIpc) is 3.06. The van der Waals surface area contributed by atoms with Gasteiger partial charge in [-0.1, -0.05) is 82.9 Å². The molecule has 242 valence electrons. The van der Waals surface area contributed by atoms with E-state index >= 15 is 0 Å². The van der Waals surface area contributed by atoms with E-state index < -0.39 is 0 Å². The first-order valence-corrected chi connectivity index (χ1v) is 17.0. The number of para-hydroxylation sites is 1. The summed E-state index contributed by atoms with van der Waals surface area (Å²) in [7, 11) is 2.00. The largest absolute Gasteiger partial charge is 0.354 e. The highest BCUT2D eigenvalue weighted by molar-refractivity contribution is 6.30. The number of hydrogen-bond donors (Lipinski definition) is 1. The molecule has 0 radical (unpaired) electrons. The van der Waals surface area contributed by atoms with Crippen molar-refractivity contribution in [2.45, 2.75) is 39.8 Å². The maximum atomic E-state index is 6.25. The Balaban J connectivity index is 1.33. The van der Waals surface area contributed by atoms with Gasteiger partial charge < -0.3 is 10.2 Å². The van der Waals surface area contributed by atoms with E-state index in [-0.39, 0.29) is 6.04 Å². The third-order valence-corrected chi connectivity index (χ3v) is 9.30. The predicted molar refractivity (Wildman–Crippen MR) is 195 cm³/mol. The van der Waals surface area contributed by atoms with Crippen LogP contribution < -0.4 is 10.2 Å². The van der Waals surface area contributed by atoms with Crippen LogP contribution in [0.4, 0.5) is 5.82 Å². The number of fused-ring (bicyclic) bond motifs is 1. The van der Waals surface area contributed by atoms with Crippen molar-refractivity contribution in [1.29, 1.82) is 0 Å². The molecule has 0 aliphatic carbocycles. The number of nitrogens with one attached hydrogen (secondary N) is 1. The van der Waals surface area contributed by atoms with E-state index in [2.05, 4.69) is 101 Å². The Morgan fingerprint density at radius 2 is 1.48 bits per heavy atom. The zero-order valence-corrected chi connectivity index (χ0v) is 29.0. The second-order valence-electron chi connectivity index (χ2n) is 12.3. The van der Waals surface area contributed by atoms with Crippen molar-refractivity contribution in [2.75, 3.05) is 57.8 Å². The number of anilines is 1. The van der Waals surface area contributed by atoms with Gasteiger partial charge in [-0.3, -0.25) is 9.80 Å². The molecule has 0 amide bonds. The number of halogens is 2. The summed E-state index contributed by atoms with van der Waals surface area (Å²) < 4.78 is 0. The SMILES string of the molecule is CNCCN(CC/C=C\C(C)=C(C)C)c1nc(CN2CCN(C(c3ccc(Cl)cc3)c3ccc(Cl)cc3)CC2)nc2ccccc12. The Morgan fingerprint density at radius 1 is 0.848 bits per heavy atom. The lowest BCUT2D eigenvalue weighted by Gasteiger charge is -2.39. The van der Waals surface area contributed by atoms with E-state index in [9.17, 15) is 0 Å². The molecule has 6 nitrogen and oxygen atoms in total. The molecule has 0 spiro atoms. The second-order valence-corrected chi connectivity index (χ2v) is 13.1. The number of piperazine rings is 1. The van der Waals surface area contributed by atoms with Crippen LogP contribution in [0, 0.1) is 0 Å². The number of allylic oxidation sites excluding steroid dienone is 3. The van der Waals surface area contributed by atoms with E-state index in [1.54, 1.807) is 0 Å². The van der Waals surface area contributed by atoms with Crippen LogP contribution in [0.5, 0.6) is 0 Å². The minimum atomic E-state index is 0.135. The van der Waals surface area contributed by atoms with Gasteiger partial charge in [0.05, 0.1) is 18.1 Å². The zero-order chi connectivity index (χ0) is 32.5. The van der Waals surface area contributed by atoms with Crippen molar-refractivity contribution in [1.82, 2.24) is 25.1 Å². The van der Waals surface area contributed by atoms with Crippen LogP contribution >= 0.6 is 23.2 Å². The molecular formula is C38H46Cl2N6. The van der Waals surface area contributed by atoms with Crippen LogP contribution in [-0.4, -0.2) is 72.6 Å².